The first-order chi connectivity index (χ1) is 9.66. The van der Waals surface area contributed by atoms with Crippen molar-refractivity contribution in [3.05, 3.63) is 17.8 Å². The van der Waals surface area contributed by atoms with Crippen LogP contribution in [0.4, 0.5) is 5.82 Å². The van der Waals surface area contributed by atoms with Crippen molar-refractivity contribution < 1.29 is 4.79 Å². The minimum Gasteiger partial charge on any atom is -0.352 e. The second-order valence-corrected chi connectivity index (χ2v) is 5.85. The van der Waals surface area contributed by atoms with Crippen molar-refractivity contribution in [3.63, 3.8) is 0 Å². The molecule has 0 aliphatic carbocycles. The largest absolute Gasteiger partial charge is 0.352 e. The van der Waals surface area contributed by atoms with Gasteiger partial charge in [-0.15, -0.1) is 11.3 Å². The molecule has 1 atom stereocenters. The average Bonchev–Trinajstić information content (AvgIpc) is 2.95. The summed E-state index contributed by atoms with van der Waals surface area (Å²) in [6.45, 7) is 4.67. The second kappa shape index (κ2) is 5.34. The minimum absolute atomic E-state index is 0.0219. The number of carbonyl (C=O) groups is 1. The summed E-state index contributed by atoms with van der Waals surface area (Å²) < 4.78 is 1.11. The van der Waals surface area contributed by atoms with Crippen LogP contribution in [0, 0.1) is 0 Å². The van der Waals surface area contributed by atoms with Crippen LogP contribution in [0.3, 0.4) is 0 Å². The van der Waals surface area contributed by atoms with E-state index in [1.54, 1.807) is 24.6 Å². The summed E-state index contributed by atoms with van der Waals surface area (Å²) >= 11 is 1.65. The van der Waals surface area contributed by atoms with E-state index in [1.165, 1.54) is 0 Å². The van der Waals surface area contributed by atoms with Gasteiger partial charge in [-0.2, -0.15) is 0 Å². The van der Waals surface area contributed by atoms with Gasteiger partial charge in [0.05, 0.1) is 16.3 Å². The quantitative estimate of drug-likeness (QED) is 0.881. The maximum absolute atomic E-state index is 11.9. The molecule has 0 aromatic carbocycles. The van der Waals surface area contributed by atoms with Crippen molar-refractivity contribution in [2.24, 2.45) is 5.73 Å². The molecule has 1 saturated heterocycles. The standard InChI is InChI=1S/C13H17N5OS/c1-9(14)13(19)18-5-3-17(4-6-18)12-11-10(2-7-20-11)15-8-16-12/h2,7-9H,3-6,14H2,1H3/t9-/m1/s1. The predicted octanol–water partition coefficient (Wildman–Crippen LogP) is 0.687. The molecule has 0 saturated carbocycles. The number of nitrogens with zero attached hydrogens (tertiary/aromatic N) is 4. The molecule has 0 unspecified atom stereocenters. The molecule has 3 rings (SSSR count). The van der Waals surface area contributed by atoms with E-state index >= 15 is 0 Å². The lowest BCUT2D eigenvalue weighted by Crippen LogP contribution is -2.52. The molecule has 0 spiro atoms. The molecule has 2 N–H and O–H groups in total. The number of carbonyl (C=O) groups excluding carboxylic acids is 1. The Morgan fingerprint density at radius 3 is 2.80 bits per heavy atom. The van der Waals surface area contributed by atoms with Gasteiger partial charge in [0.25, 0.3) is 0 Å². The molecular formula is C13H17N5OS. The monoisotopic (exact) mass is 291 g/mol. The van der Waals surface area contributed by atoms with E-state index in [4.69, 9.17) is 5.73 Å². The number of piperazine rings is 1. The molecule has 1 aliphatic rings. The van der Waals surface area contributed by atoms with Gasteiger partial charge in [-0.25, -0.2) is 9.97 Å². The Labute approximate surface area is 121 Å². The van der Waals surface area contributed by atoms with Crippen LogP contribution in [0.15, 0.2) is 17.8 Å². The predicted molar refractivity (Wildman–Crippen MR) is 79.9 cm³/mol. The molecule has 1 amide bonds. The lowest BCUT2D eigenvalue weighted by atomic mass is 10.2. The van der Waals surface area contributed by atoms with E-state index < -0.39 is 6.04 Å². The van der Waals surface area contributed by atoms with Crippen molar-refractivity contribution in [3.8, 4) is 0 Å². The molecule has 0 bridgehead atoms. The number of amides is 1. The zero-order chi connectivity index (χ0) is 14.1. The van der Waals surface area contributed by atoms with E-state index in [9.17, 15) is 4.79 Å². The molecule has 1 aliphatic heterocycles. The van der Waals surface area contributed by atoms with E-state index in [0.717, 1.165) is 29.1 Å². The van der Waals surface area contributed by atoms with Gasteiger partial charge in [-0.3, -0.25) is 4.79 Å². The summed E-state index contributed by atoms with van der Waals surface area (Å²) in [6, 6.07) is 1.57. The van der Waals surface area contributed by atoms with Crippen LogP contribution in [0.25, 0.3) is 10.2 Å². The summed E-state index contributed by atoms with van der Waals surface area (Å²) in [5.74, 6) is 0.992. The third-order valence-electron chi connectivity index (χ3n) is 3.50. The van der Waals surface area contributed by atoms with Crippen LogP contribution < -0.4 is 10.6 Å². The topological polar surface area (TPSA) is 75.4 Å². The number of thiophene rings is 1. The van der Waals surface area contributed by atoms with Crippen molar-refractivity contribution in [2.45, 2.75) is 13.0 Å². The van der Waals surface area contributed by atoms with E-state index in [0.29, 0.717) is 13.1 Å². The van der Waals surface area contributed by atoms with Crippen LogP contribution >= 0.6 is 11.3 Å². The highest BCUT2D eigenvalue weighted by Gasteiger charge is 2.24. The number of anilines is 1. The van der Waals surface area contributed by atoms with Crippen molar-refractivity contribution in [2.75, 3.05) is 31.1 Å². The molecule has 7 heteroatoms. The summed E-state index contributed by atoms with van der Waals surface area (Å²) in [5, 5.41) is 2.03. The number of hydrogen-bond donors (Lipinski definition) is 1. The van der Waals surface area contributed by atoms with E-state index in [2.05, 4.69) is 14.9 Å². The number of nitrogens with two attached hydrogens (primary N) is 1. The van der Waals surface area contributed by atoms with E-state index in [1.807, 2.05) is 16.3 Å². The first-order valence-corrected chi connectivity index (χ1v) is 7.52. The minimum atomic E-state index is -0.426. The Bertz CT molecular complexity index is 618. The number of rotatable bonds is 2. The molecule has 20 heavy (non-hydrogen) atoms. The Hall–Kier alpha value is -1.73. The maximum Gasteiger partial charge on any atom is 0.239 e. The van der Waals surface area contributed by atoms with Crippen LogP contribution in [0.5, 0.6) is 0 Å². The Morgan fingerprint density at radius 2 is 2.10 bits per heavy atom. The van der Waals surface area contributed by atoms with Crippen LogP contribution in [-0.2, 0) is 4.79 Å². The van der Waals surface area contributed by atoms with Gasteiger partial charge < -0.3 is 15.5 Å². The van der Waals surface area contributed by atoms with Crippen molar-refractivity contribution >= 4 is 33.3 Å². The SMILES string of the molecule is C[C@@H](N)C(=O)N1CCN(c2ncnc3ccsc23)CC1. The Morgan fingerprint density at radius 1 is 1.35 bits per heavy atom. The normalized spacial score (nSPS) is 17.5. The summed E-state index contributed by atoms with van der Waals surface area (Å²) in [7, 11) is 0. The van der Waals surface area contributed by atoms with Gasteiger partial charge in [0.15, 0.2) is 0 Å². The fraction of sp³-hybridized carbons (Fsp3) is 0.462. The fourth-order valence-corrected chi connectivity index (χ4v) is 3.29. The third-order valence-corrected chi connectivity index (χ3v) is 4.40. The third kappa shape index (κ3) is 2.34. The van der Waals surface area contributed by atoms with Gasteiger partial charge in [0, 0.05) is 26.2 Å². The van der Waals surface area contributed by atoms with Gasteiger partial charge in [0.1, 0.15) is 12.1 Å². The molecule has 0 radical (unpaired) electrons. The zero-order valence-electron chi connectivity index (χ0n) is 11.3. The molecule has 6 nitrogen and oxygen atoms in total. The maximum atomic E-state index is 11.9. The van der Waals surface area contributed by atoms with Crippen molar-refractivity contribution in [1.82, 2.24) is 14.9 Å². The highest BCUT2D eigenvalue weighted by atomic mass is 32.1. The first kappa shape index (κ1) is 13.3. The highest BCUT2D eigenvalue weighted by molar-refractivity contribution is 7.17. The Balaban J connectivity index is 1.75. The van der Waals surface area contributed by atoms with Crippen molar-refractivity contribution in [1.29, 1.82) is 0 Å². The zero-order valence-corrected chi connectivity index (χ0v) is 12.1. The lowest BCUT2D eigenvalue weighted by molar-refractivity contribution is -0.132. The second-order valence-electron chi connectivity index (χ2n) is 4.93. The van der Waals surface area contributed by atoms with Crippen LogP contribution in [0.1, 0.15) is 6.92 Å². The van der Waals surface area contributed by atoms with Gasteiger partial charge in [0.2, 0.25) is 5.91 Å². The van der Waals surface area contributed by atoms with Crippen LogP contribution in [0.2, 0.25) is 0 Å². The molecule has 3 heterocycles. The average molecular weight is 291 g/mol. The smallest absolute Gasteiger partial charge is 0.239 e. The molecular weight excluding hydrogens is 274 g/mol. The van der Waals surface area contributed by atoms with E-state index in [-0.39, 0.29) is 5.91 Å². The summed E-state index contributed by atoms with van der Waals surface area (Å²) in [4.78, 5) is 24.6. The number of aromatic nitrogens is 2. The number of hydrogen-bond acceptors (Lipinski definition) is 6. The highest BCUT2D eigenvalue weighted by Crippen LogP contribution is 2.28. The molecule has 106 valence electrons. The number of fused-ring (bicyclic) bond motifs is 1. The molecule has 2 aromatic heterocycles. The summed E-state index contributed by atoms with van der Waals surface area (Å²) in [6.07, 6.45) is 1.60. The van der Waals surface area contributed by atoms with Gasteiger partial charge in [-0.05, 0) is 18.4 Å². The molecule has 1 fully saturated rings. The summed E-state index contributed by atoms with van der Waals surface area (Å²) in [5.41, 5.74) is 6.63. The van der Waals surface area contributed by atoms with Gasteiger partial charge in [-0.1, -0.05) is 0 Å². The first-order valence-electron chi connectivity index (χ1n) is 6.64. The van der Waals surface area contributed by atoms with Crippen LogP contribution in [-0.4, -0.2) is 53.0 Å². The van der Waals surface area contributed by atoms with Gasteiger partial charge >= 0.3 is 0 Å². The molecule has 2 aromatic rings. The Kier molecular flexibility index (Phi) is 3.54. The fourth-order valence-electron chi connectivity index (χ4n) is 2.43. The lowest BCUT2D eigenvalue weighted by Gasteiger charge is -2.36.